The fourth-order valence-corrected chi connectivity index (χ4v) is 4.39. The zero-order chi connectivity index (χ0) is 20.1. The topological polar surface area (TPSA) is 67.6 Å². The second-order valence-corrected chi connectivity index (χ2v) is 8.32. The highest BCUT2D eigenvalue weighted by Gasteiger charge is 2.29. The van der Waals surface area contributed by atoms with Crippen molar-refractivity contribution in [1.29, 1.82) is 0 Å². The van der Waals surface area contributed by atoms with E-state index in [1.807, 2.05) is 31.2 Å². The maximum Gasteiger partial charge on any atom is 0.223 e. The van der Waals surface area contributed by atoms with Gasteiger partial charge >= 0.3 is 0 Å². The number of hydrogen-bond acceptors (Lipinski definition) is 5. The van der Waals surface area contributed by atoms with Crippen LogP contribution in [0.3, 0.4) is 0 Å². The Morgan fingerprint density at radius 1 is 1.17 bits per heavy atom. The molecule has 2 aliphatic rings. The molecule has 0 atom stereocenters. The fourth-order valence-electron chi connectivity index (χ4n) is 4.39. The zero-order valence-corrected chi connectivity index (χ0v) is 17.2. The number of nitrogens with zero attached hydrogens (tertiary/aromatic N) is 2. The van der Waals surface area contributed by atoms with E-state index >= 15 is 0 Å². The number of ether oxygens (including phenoxy) is 1. The van der Waals surface area contributed by atoms with E-state index in [0.717, 1.165) is 75.4 Å². The third-order valence-corrected chi connectivity index (χ3v) is 6.19. The van der Waals surface area contributed by atoms with Crippen molar-refractivity contribution in [2.75, 3.05) is 13.1 Å². The van der Waals surface area contributed by atoms with E-state index in [-0.39, 0.29) is 24.0 Å². The van der Waals surface area contributed by atoms with Crippen molar-refractivity contribution in [3.05, 3.63) is 48.2 Å². The summed E-state index contributed by atoms with van der Waals surface area (Å²) in [5.74, 6) is 2.24. The highest BCUT2D eigenvalue weighted by molar-refractivity contribution is 5.79. The minimum absolute atomic E-state index is 0.134. The number of aromatic nitrogens is 1. The van der Waals surface area contributed by atoms with Gasteiger partial charge in [0.1, 0.15) is 11.5 Å². The summed E-state index contributed by atoms with van der Waals surface area (Å²) in [7, 11) is 0. The van der Waals surface area contributed by atoms with Crippen molar-refractivity contribution in [3.8, 4) is 5.75 Å². The first-order valence-corrected chi connectivity index (χ1v) is 10.8. The highest BCUT2D eigenvalue weighted by atomic mass is 16.5. The molecule has 1 amide bonds. The van der Waals surface area contributed by atoms with Gasteiger partial charge in [-0.3, -0.25) is 14.7 Å². The Labute approximate surface area is 172 Å². The van der Waals surface area contributed by atoms with E-state index in [4.69, 9.17) is 9.15 Å². The molecule has 4 rings (SSSR count). The van der Waals surface area contributed by atoms with Gasteiger partial charge in [0, 0.05) is 18.2 Å². The minimum Gasteiger partial charge on any atom is -0.489 e. The molecule has 0 radical (unpaired) electrons. The number of carbonyl (C=O) groups excluding carboxylic acids is 1. The number of furan rings is 1. The zero-order valence-electron chi connectivity index (χ0n) is 17.2. The smallest absolute Gasteiger partial charge is 0.223 e. The summed E-state index contributed by atoms with van der Waals surface area (Å²) >= 11 is 0. The van der Waals surface area contributed by atoms with Gasteiger partial charge in [0.25, 0.3) is 0 Å². The molecule has 29 heavy (non-hydrogen) atoms. The SMILES string of the molecule is Cc1ncccc1OC1CCC(NC(=O)C2CCN(Cc3ccco3)CC2)CC1. The first kappa shape index (κ1) is 20.0. The molecule has 156 valence electrons. The molecular formula is C23H31N3O3. The lowest BCUT2D eigenvalue weighted by Gasteiger charge is -2.33. The van der Waals surface area contributed by atoms with Gasteiger partial charge in [-0.15, -0.1) is 0 Å². The van der Waals surface area contributed by atoms with Crippen LogP contribution in [0, 0.1) is 12.8 Å². The summed E-state index contributed by atoms with van der Waals surface area (Å²) in [6.45, 7) is 4.70. The Hall–Kier alpha value is -2.34. The molecule has 6 heteroatoms. The van der Waals surface area contributed by atoms with E-state index < -0.39 is 0 Å². The summed E-state index contributed by atoms with van der Waals surface area (Å²) in [5, 5.41) is 3.30. The summed E-state index contributed by atoms with van der Waals surface area (Å²) in [4.78, 5) is 19.4. The molecule has 0 spiro atoms. The van der Waals surface area contributed by atoms with Crippen molar-refractivity contribution in [2.45, 2.75) is 64.1 Å². The number of likely N-dealkylation sites (tertiary alicyclic amines) is 1. The molecule has 2 aromatic rings. The monoisotopic (exact) mass is 397 g/mol. The van der Waals surface area contributed by atoms with Crippen LogP contribution in [0.4, 0.5) is 0 Å². The lowest BCUT2D eigenvalue weighted by atomic mass is 9.91. The summed E-state index contributed by atoms with van der Waals surface area (Å²) in [6.07, 6.45) is 9.47. The quantitative estimate of drug-likeness (QED) is 0.805. The van der Waals surface area contributed by atoms with Crippen molar-refractivity contribution in [2.24, 2.45) is 5.92 Å². The predicted octanol–water partition coefficient (Wildman–Crippen LogP) is 3.70. The second kappa shape index (κ2) is 9.44. The lowest BCUT2D eigenvalue weighted by molar-refractivity contribution is -0.127. The molecule has 1 N–H and O–H groups in total. The van der Waals surface area contributed by atoms with Crippen LogP contribution >= 0.6 is 0 Å². The Kier molecular flexibility index (Phi) is 6.49. The first-order valence-electron chi connectivity index (χ1n) is 10.8. The van der Waals surface area contributed by atoms with E-state index in [2.05, 4.69) is 15.2 Å². The number of carbonyl (C=O) groups is 1. The van der Waals surface area contributed by atoms with Crippen LogP contribution in [0.25, 0.3) is 0 Å². The molecule has 6 nitrogen and oxygen atoms in total. The average molecular weight is 398 g/mol. The van der Waals surface area contributed by atoms with Crippen LogP contribution in [-0.4, -0.2) is 41.0 Å². The van der Waals surface area contributed by atoms with Gasteiger partial charge in [0.05, 0.1) is 24.6 Å². The van der Waals surface area contributed by atoms with Gasteiger partial charge in [-0.1, -0.05) is 0 Å². The van der Waals surface area contributed by atoms with Crippen molar-refractivity contribution < 1.29 is 13.9 Å². The van der Waals surface area contributed by atoms with Crippen molar-refractivity contribution in [3.63, 3.8) is 0 Å². The number of hydrogen-bond donors (Lipinski definition) is 1. The molecule has 1 saturated carbocycles. The van der Waals surface area contributed by atoms with E-state index in [9.17, 15) is 4.79 Å². The first-order chi connectivity index (χ1) is 14.2. The summed E-state index contributed by atoms with van der Waals surface area (Å²) in [5.41, 5.74) is 0.932. The molecule has 3 heterocycles. The van der Waals surface area contributed by atoms with Gasteiger partial charge in [0.15, 0.2) is 0 Å². The Balaban J connectivity index is 1.17. The van der Waals surface area contributed by atoms with E-state index in [1.54, 1.807) is 12.5 Å². The number of aryl methyl sites for hydroxylation is 1. The standard InChI is InChI=1S/C23H31N3O3/c1-17-22(5-2-12-24-17)29-20-8-6-19(7-9-20)25-23(27)18-10-13-26(14-11-18)16-21-4-3-15-28-21/h2-5,12,15,18-20H,6-11,13-14,16H2,1H3,(H,25,27). The molecule has 1 saturated heterocycles. The molecule has 2 aromatic heterocycles. The molecule has 1 aliphatic heterocycles. The Morgan fingerprint density at radius 3 is 2.66 bits per heavy atom. The normalized spacial score (nSPS) is 23.6. The summed E-state index contributed by atoms with van der Waals surface area (Å²) in [6, 6.07) is 8.10. The molecule has 0 bridgehead atoms. The van der Waals surface area contributed by atoms with Gasteiger partial charge < -0.3 is 14.5 Å². The van der Waals surface area contributed by atoms with Crippen LogP contribution in [-0.2, 0) is 11.3 Å². The Morgan fingerprint density at radius 2 is 1.97 bits per heavy atom. The third-order valence-electron chi connectivity index (χ3n) is 6.19. The third kappa shape index (κ3) is 5.38. The van der Waals surface area contributed by atoms with Crippen LogP contribution in [0.5, 0.6) is 5.75 Å². The van der Waals surface area contributed by atoms with Crippen molar-refractivity contribution >= 4 is 5.91 Å². The number of amides is 1. The maximum atomic E-state index is 12.7. The predicted molar refractivity (Wildman–Crippen MR) is 110 cm³/mol. The number of piperidine rings is 1. The van der Waals surface area contributed by atoms with Gasteiger partial charge in [-0.05, 0) is 82.8 Å². The molecule has 0 aromatic carbocycles. The molecular weight excluding hydrogens is 366 g/mol. The van der Waals surface area contributed by atoms with Crippen molar-refractivity contribution in [1.82, 2.24) is 15.2 Å². The van der Waals surface area contributed by atoms with E-state index in [1.165, 1.54) is 0 Å². The molecule has 2 fully saturated rings. The highest BCUT2D eigenvalue weighted by Crippen LogP contribution is 2.26. The number of rotatable bonds is 6. The van der Waals surface area contributed by atoms with Gasteiger partial charge in [0.2, 0.25) is 5.91 Å². The largest absolute Gasteiger partial charge is 0.489 e. The minimum atomic E-state index is 0.134. The second-order valence-electron chi connectivity index (χ2n) is 8.32. The van der Waals surface area contributed by atoms with E-state index in [0.29, 0.717) is 0 Å². The fraction of sp³-hybridized carbons (Fsp3) is 0.565. The number of pyridine rings is 1. The maximum absolute atomic E-state index is 12.7. The number of nitrogens with one attached hydrogen (secondary N) is 1. The van der Waals surface area contributed by atoms with Gasteiger partial charge in [-0.25, -0.2) is 0 Å². The van der Waals surface area contributed by atoms with Crippen LogP contribution in [0.1, 0.15) is 50.0 Å². The van der Waals surface area contributed by atoms with Crippen LogP contribution in [0.2, 0.25) is 0 Å². The van der Waals surface area contributed by atoms with Gasteiger partial charge in [-0.2, -0.15) is 0 Å². The average Bonchev–Trinajstić information content (AvgIpc) is 3.25. The van der Waals surface area contributed by atoms with Crippen LogP contribution < -0.4 is 10.1 Å². The molecule has 0 unspecified atom stereocenters. The Bertz CT molecular complexity index is 776. The lowest BCUT2D eigenvalue weighted by Crippen LogP contribution is -2.45. The summed E-state index contributed by atoms with van der Waals surface area (Å²) < 4.78 is 11.6. The molecule has 1 aliphatic carbocycles. The van der Waals surface area contributed by atoms with Crippen LogP contribution in [0.15, 0.2) is 41.1 Å².